The van der Waals surface area contributed by atoms with E-state index in [0.717, 1.165) is 33.7 Å². The average molecular weight is 328 g/mol. The summed E-state index contributed by atoms with van der Waals surface area (Å²) in [5.74, 6) is 1.88. The molecular weight excluding hydrogens is 308 g/mol. The van der Waals surface area contributed by atoms with Gasteiger partial charge in [0.05, 0.1) is 24.7 Å². The van der Waals surface area contributed by atoms with E-state index in [0.29, 0.717) is 6.54 Å². The predicted octanol–water partition coefficient (Wildman–Crippen LogP) is 5.07. The number of aryl methyl sites for hydroxylation is 1. The number of imidazole rings is 1. The third-order valence-corrected chi connectivity index (χ3v) is 4.49. The van der Waals surface area contributed by atoms with Gasteiger partial charge in [0.15, 0.2) is 0 Å². The zero-order valence-corrected chi connectivity index (χ0v) is 14.4. The van der Waals surface area contributed by atoms with Crippen molar-refractivity contribution in [1.82, 2.24) is 9.55 Å². The molecule has 3 heteroatoms. The summed E-state index contributed by atoms with van der Waals surface area (Å²) < 4.78 is 7.80. The number of hydrogen-bond donors (Lipinski definition) is 0. The number of ether oxygens (including phenoxy) is 1. The van der Waals surface area contributed by atoms with E-state index in [1.807, 2.05) is 24.3 Å². The van der Waals surface area contributed by atoms with Crippen LogP contribution in [0.25, 0.3) is 22.4 Å². The van der Waals surface area contributed by atoms with Crippen molar-refractivity contribution in [2.24, 2.45) is 0 Å². The van der Waals surface area contributed by atoms with Gasteiger partial charge in [-0.25, -0.2) is 4.98 Å². The number of fused-ring (bicyclic) bond motifs is 1. The van der Waals surface area contributed by atoms with Crippen molar-refractivity contribution in [1.29, 1.82) is 0 Å². The minimum Gasteiger partial charge on any atom is -0.496 e. The van der Waals surface area contributed by atoms with Crippen LogP contribution in [0.5, 0.6) is 5.75 Å². The molecule has 0 fully saturated rings. The first kappa shape index (κ1) is 15.5. The van der Waals surface area contributed by atoms with Crippen LogP contribution in [0.15, 0.2) is 72.8 Å². The summed E-state index contributed by atoms with van der Waals surface area (Å²) in [4.78, 5) is 4.89. The molecular formula is C22H20N2O. The van der Waals surface area contributed by atoms with Crippen LogP contribution in [0.3, 0.4) is 0 Å². The van der Waals surface area contributed by atoms with Gasteiger partial charge < -0.3 is 9.30 Å². The van der Waals surface area contributed by atoms with Crippen LogP contribution in [-0.4, -0.2) is 16.7 Å². The second-order valence-corrected chi connectivity index (χ2v) is 6.19. The lowest BCUT2D eigenvalue weighted by Crippen LogP contribution is -2.04. The van der Waals surface area contributed by atoms with Gasteiger partial charge in [0.2, 0.25) is 0 Å². The molecule has 0 aliphatic carbocycles. The lowest BCUT2D eigenvalue weighted by atomic mass is 10.1. The Balaban J connectivity index is 1.89. The lowest BCUT2D eigenvalue weighted by Gasteiger charge is -2.13. The van der Waals surface area contributed by atoms with Crippen molar-refractivity contribution >= 4 is 11.0 Å². The number of nitrogens with zero attached hydrogens (tertiary/aromatic N) is 2. The molecule has 124 valence electrons. The van der Waals surface area contributed by atoms with Crippen LogP contribution < -0.4 is 4.74 Å². The monoisotopic (exact) mass is 328 g/mol. The van der Waals surface area contributed by atoms with E-state index in [-0.39, 0.29) is 0 Å². The van der Waals surface area contributed by atoms with Gasteiger partial charge in [-0.1, -0.05) is 60.2 Å². The molecule has 0 bridgehead atoms. The number of benzene rings is 3. The van der Waals surface area contributed by atoms with Gasteiger partial charge >= 0.3 is 0 Å². The second-order valence-electron chi connectivity index (χ2n) is 6.19. The summed E-state index contributed by atoms with van der Waals surface area (Å²) in [5, 5.41) is 0. The number of rotatable bonds is 4. The summed E-state index contributed by atoms with van der Waals surface area (Å²) in [6.45, 7) is 2.81. The summed E-state index contributed by atoms with van der Waals surface area (Å²) in [5.41, 5.74) is 5.64. The standard InChI is InChI=1S/C22H20N2O/c1-16-11-13-17(14-12-16)22-23-19-8-4-5-9-20(19)24(22)15-18-7-3-6-10-21(18)25-2/h3-14H,15H2,1-2H3. The van der Waals surface area contributed by atoms with E-state index in [2.05, 4.69) is 60.0 Å². The third-order valence-electron chi connectivity index (χ3n) is 4.49. The highest BCUT2D eigenvalue weighted by Crippen LogP contribution is 2.28. The Bertz CT molecular complexity index is 1020. The van der Waals surface area contributed by atoms with Crippen molar-refractivity contribution in [3.63, 3.8) is 0 Å². The maximum absolute atomic E-state index is 5.53. The SMILES string of the molecule is COc1ccccc1Cn1c(-c2ccc(C)cc2)nc2ccccc21. The molecule has 3 nitrogen and oxygen atoms in total. The van der Waals surface area contributed by atoms with Crippen molar-refractivity contribution in [2.75, 3.05) is 7.11 Å². The van der Waals surface area contributed by atoms with E-state index < -0.39 is 0 Å². The quantitative estimate of drug-likeness (QED) is 0.523. The summed E-state index contributed by atoms with van der Waals surface area (Å²) in [7, 11) is 1.71. The van der Waals surface area contributed by atoms with Crippen LogP contribution in [0, 0.1) is 6.92 Å². The van der Waals surface area contributed by atoms with Crippen LogP contribution in [0.4, 0.5) is 0 Å². The third kappa shape index (κ3) is 2.89. The zero-order valence-electron chi connectivity index (χ0n) is 14.4. The Morgan fingerprint density at radius 3 is 2.40 bits per heavy atom. The molecule has 0 radical (unpaired) electrons. The van der Waals surface area contributed by atoms with E-state index in [9.17, 15) is 0 Å². The van der Waals surface area contributed by atoms with E-state index in [1.54, 1.807) is 7.11 Å². The number of aromatic nitrogens is 2. The fourth-order valence-corrected chi connectivity index (χ4v) is 3.16. The topological polar surface area (TPSA) is 27.1 Å². The van der Waals surface area contributed by atoms with Crippen LogP contribution >= 0.6 is 0 Å². The fraction of sp³-hybridized carbons (Fsp3) is 0.136. The largest absolute Gasteiger partial charge is 0.496 e. The van der Waals surface area contributed by atoms with Gasteiger partial charge in [-0.05, 0) is 25.1 Å². The van der Waals surface area contributed by atoms with Crippen molar-refractivity contribution in [3.8, 4) is 17.1 Å². The molecule has 3 aromatic carbocycles. The van der Waals surface area contributed by atoms with Gasteiger partial charge in [0, 0.05) is 11.1 Å². The molecule has 4 aromatic rings. The van der Waals surface area contributed by atoms with E-state index in [4.69, 9.17) is 9.72 Å². The molecule has 1 aromatic heterocycles. The Labute approximate surface area is 147 Å². The molecule has 0 unspecified atom stereocenters. The van der Waals surface area contributed by atoms with Crippen LogP contribution in [0.2, 0.25) is 0 Å². The second kappa shape index (κ2) is 6.44. The maximum atomic E-state index is 5.53. The molecule has 0 N–H and O–H groups in total. The van der Waals surface area contributed by atoms with Crippen LogP contribution in [0.1, 0.15) is 11.1 Å². The normalized spacial score (nSPS) is 11.0. The van der Waals surface area contributed by atoms with Crippen LogP contribution in [-0.2, 0) is 6.54 Å². The Hall–Kier alpha value is -3.07. The van der Waals surface area contributed by atoms with Gasteiger partial charge in [0.25, 0.3) is 0 Å². The fourth-order valence-electron chi connectivity index (χ4n) is 3.16. The van der Waals surface area contributed by atoms with Crippen molar-refractivity contribution in [2.45, 2.75) is 13.5 Å². The highest BCUT2D eigenvalue weighted by atomic mass is 16.5. The Morgan fingerprint density at radius 1 is 0.880 bits per heavy atom. The molecule has 0 saturated carbocycles. The smallest absolute Gasteiger partial charge is 0.141 e. The van der Waals surface area contributed by atoms with Crippen molar-refractivity contribution in [3.05, 3.63) is 83.9 Å². The lowest BCUT2D eigenvalue weighted by molar-refractivity contribution is 0.408. The molecule has 0 amide bonds. The molecule has 0 spiro atoms. The Morgan fingerprint density at radius 2 is 1.60 bits per heavy atom. The summed E-state index contributed by atoms with van der Waals surface area (Å²) in [6, 6.07) is 24.9. The molecule has 4 rings (SSSR count). The highest BCUT2D eigenvalue weighted by Gasteiger charge is 2.14. The summed E-state index contributed by atoms with van der Waals surface area (Å²) in [6.07, 6.45) is 0. The number of methoxy groups -OCH3 is 1. The molecule has 0 aliphatic rings. The predicted molar refractivity (Wildman–Crippen MR) is 102 cm³/mol. The van der Waals surface area contributed by atoms with Gasteiger partial charge in [-0.2, -0.15) is 0 Å². The highest BCUT2D eigenvalue weighted by molar-refractivity contribution is 5.80. The molecule has 25 heavy (non-hydrogen) atoms. The van der Waals surface area contributed by atoms with Gasteiger partial charge in [0.1, 0.15) is 11.6 Å². The first-order valence-electron chi connectivity index (χ1n) is 8.40. The zero-order chi connectivity index (χ0) is 17.2. The first-order valence-corrected chi connectivity index (χ1v) is 8.40. The maximum Gasteiger partial charge on any atom is 0.141 e. The number of hydrogen-bond acceptors (Lipinski definition) is 2. The van der Waals surface area contributed by atoms with Crippen molar-refractivity contribution < 1.29 is 4.74 Å². The van der Waals surface area contributed by atoms with Gasteiger partial charge in [-0.3, -0.25) is 0 Å². The molecule has 0 aliphatic heterocycles. The summed E-state index contributed by atoms with van der Waals surface area (Å²) >= 11 is 0. The average Bonchev–Trinajstić information content (AvgIpc) is 3.01. The Kier molecular flexibility index (Phi) is 3.98. The minimum absolute atomic E-state index is 0.716. The first-order chi connectivity index (χ1) is 12.3. The molecule has 1 heterocycles. The van der Waals surface area contributed by atoms with E-state index in [1.165, 1.54) is 5.56 Å². The minimum atomic E-state index is 0.716. The number of para-hydroxylation sites is 3. The van der Waals surface area contributed by atoms with E-state index >= 15 is 0 Å². The molecule has 0 saturated heterocycles. The van der Waals surface area contributed by atoms with Gasteiger partial charge in [-0.15, -0.1) is 0 Å². The molecule has 0 atom stereocenters.